The van der Waals surface area contributed by atoms with Gasteiger partial charge < -0.3 is 10.2 Å². The van der Waals surface area contributed by atoms with Gasteiger partial charge in [-0.15, -0.1) is 0 Å². The third kappa shape index (κ3) is 3.32. The number of carbonyl (C=O) groups is 1. The van der Waals surface area contributed by atoms with E-state index in [0.717, 1.165) is 0 Å². The minimum absolute atomic E-state index is 0.238. The molecular formula is C14H11FN2O3. The molecule has 102 valence electrons. The van der Waals surface area contributed by atoms with Crippen LogP contribution in [0.5, 0.6) is 11.5 Å². The molecule has 0 aliphatic heterocycles. The standard InChI is InChI=1S/C14H11FN2O3/c15-11-4-2-10(3-5-11)14(20)17-16-8-9-1-6-12(18)13(19)7-9/h1-8,18-19H,(H,17,20). The van der Waals surface area contributed by atoms with Crippen molar-refractivity contribution in [3.8, 4) is 11.5 Å². The highest BCUT2D eigenvalue weighted by Gasteiger charge is 2.03. The van der Waals surface area contributed by atoms with Crippen molar-refractivity contribution >= 4 is 12.1 Å². The summed E-state index contributed by atoms with van der Waals surface area (Å²) in [7, 11) is 0. The molecule has 0 atom stereocenters. The second-order valence-electron chi connectivity index (χ2n) is 3.95. The summed E-state index contributed by atoms with van der Waals surface area (Å²) in [6, 6.07) is 9.15. The predicted octanol–water partition coefficient (Wildman–Crippen LogP) is 2.00. The lowest BCUT2D eigenvalue weighted by Crippen LogP contribution is -2.17. The molecule has 1 amide bonds. The zero-order chi connectivity index (χ0) is 14.5. The van der Waals surface area contributed by atoms with E-state index < -0.39 is 11.7 Å². The van der Waals surface area contributed by atoms with Crippen LogP contribution in [0.3, 0.4) is 0 Å². The van der Waals surface area contributed by atoms with Crippen molar-refractivity contribution in [1.29, 1.82) is 0 Å². The van der Waals surface area contributed by atoms with E-state index in [9.17, 15) is 14.3 Å². The topological polar surface area (TPSA) is 81.9 Å². The van der Waals surface area contributed by atoms with Gasteiger partial charge in [-0.25, -0.2) is 9.82 Å². The summed E-state index contributed by atoms with van der Waals surface area (Å²) in [4.78, 5) is 11.6. The van der Waals surface area contributed by atoms with Crippen LogP contribution in [-0.4, -0.2) is 22.3 Å². The predicted molar refractivity (Wildman–Crippen MR) is 71.2 cm³/mol. The van der Waals surface area contributed by atoms with E-state index in [-0.39, 0.29) is 17.1 Å². The van der Waals surface area contributed by atoms with E-state index in [1.807, 2.05) is 0 Å². The Kier molecular flexibility index (Phi) is 3.95. The summed E-state index contributed by atoms with van der Waals surface area (Å²) < 4.78 is 12.7. The first-order chi connectivity index (χ1) is 9.56. The lowest BCUT2D eigenvalue weighted by Gasteiger charge is -2.00. The fraction of sp³-hybridized carbons (Fsp3) is 0. The maximum atomic E-state index is 12.7. The van der Waals surface area contributed by atoms with E-state index in [0.29, 0.717) is 5.56 Å². The van der Waals surface area contributed by atoms with Crippen LogP contribution in [0.2, 0.25) is 0 Å². The molecule has 0 bridgehead atoms. The molecular weight excluding hydrogens is 263 g/mol. The van der Waals surface area contributed by atoms with Gasteiger partial charge in [0.25, 0.3) is 5.91 Å². The maximum absolute atomic E-state index is 12.7. The number of phenolic OH excluding ortho intramolecular Hbond substituents is 2. The number of nitrogens with zero attached hydrogens (tertiary/aromatic N) is 1. The van der Waals surface area contributed by atoms with Crippen molar-refractivity contribution in [2.75, 3.05) is 0 Å². The second-order valence-corrected chi connectivity index (χ2v) is 3.95. The van der Waals surface area contributed by atoms with Crippen LogP contribution in [-0.2, 0) is 0 Å². The van der Waals surface area contributed by atoms with E-state index in [4.69, 9.17) is 5.11 Å². The monoisotopic (exact) mass is 274 g/mol. The molecule has 6 heteroatoms. The van der Waals surface area contributed by atoms with Gasteiger partial charge in [0.2, 0.25) is 0 Å². The molecule has 0 heterocycles. The third-order valence-electron chi connectivity index (χ3n) is 2.49. The average molecular weight is 274 g/mol. The molecule has 0 radical (unpaired) electrons. The SMILES string of the molecule is O=C(NN=Cc1ccc(O)c(O)c1)c1ccc(F)cc1. The molecule has 0 saturated heterocycles. The number of halogens is 1. The number of carbonyl (C=O) groups excluding carboxylic acids is 1. The smallest absolute Gasteiger partial charge is 0.271 e. The average Bonchev–Trinajstić information content (AvgIpc) is 2.43. The molecule has 0 aliphatic rings. The summed E-state index contributed by atoms with van der Waals surface area (Å²) in [5.74, 6) is -1.43. The molecule has 0 aliphatic carbocycles. The molecule has 20 heavy (non-hydrogen) atoms. The Balaban J connectivity index is 2.00. The maximum Gasteiger partial charge on any atom is 0.271 e. The molecule has 0 fully saturated rings. The molecule has 0 spiro atoms. The Labute approximate surface area is 114 Å². The normalized spacial score (nSPS) is 10.7. The van der Waals surface area contributed by atoms with Crippen molar-refractivity contribution in [1.82, 2.24) is 5.43 Å². The van der Waals surface area contributed by atoms with Crippen LogP contribution in [0.4, 0.5) is 4.39 Å². The first-order valence-corrected chi connectivity index (χ1v) is 5.67. The molecule has 2 aromatic carbocycles. The molecule has 0 saturated carbocycles. The highest BCUT2D eigenvalue weighted by atomic mass is 19.1. The van der Waals surface area contributed by atoms with Crippen LogP contribution in [0.1, 0.15) is 15.9 Å². The Morgan fingerprint density at radius 2 is 1.80 bits per heavy atom. The van der Waals surface area contributed by atoms with Gasteiger partial charge in [-0.05, 0) is 48.0 Å². The highest BCUT2D eigenvalue weighted by molar-refractivity contribution is 5.94. The molecule has 0 aromatic heterocycles. The second kappa shape index (κ2) is 5.83. The van der Waals surface area contributed by atoms with Gasteiger partial charge in [-0.3, -0.25) is 4.79 Å². The number of rotatable bonds is 3. The van der Waals surface area contributed by atoms with Gasteiger partial charge in [0.15, 0.2) is 11.5 Å². The van der Waals surface area contributed by atoms with Crippen molar-refractivity contribution in [2.45, 2.75) is 0 Å². The van der Waals surface area contributed by atoms with Crippen molar-refractivity contribution in [3.05, 3.63) is 59.4 Å². The van der Waals surface area contributed by atoms with Gasteiger partial charge in [-0.2, -0.15) is 5.10 Å². The minimum Gasteiger partial charge on any atom is -0.504 e. The third-order valence-corrected chi connectivity index (χ3v) is 2.49. The lowest BCUT2D eigenvalue weighted by atomic mass is 10.2. The van der Waals surface area contributed by atoms with Crippen molar-refractivity contribution < 1.29 is 19.4 Å². The number of nitrogens with one attached hydrogen (secondary N) is 1. The van der Waals surface area contributed by atoms with E-state index in [2.05, 4.69) is 10.5 Å². The van der Waals surface area contributed by atoms with Gasteiger partial charge >= 0.3 is 0 Å². The van der Waals surface area contributed by atoms with Crippen LogP contribution >= 0.6 is 0 Å². The van der Waals surface area contributed by atoms with Crippen LogP contribution in [0.25, 0.3) is 0 Å². The summed E-state index contributed by atoms with van der Waals surface area (Å²) in [5, 5.41) is 22.1. The number of aromatic hydroxyl groups is 2. The number of hydrogen-bond acceptors (Lipinski definition) is 4. The first kappa shape index (κ1) is 13.5. The molecule has 5 nitrogen and oxygen atoms in total. The summed E-state index contributed by atoms with van der Waals surface area (Å²) in [6.45, 7) is 0. The minimum atomic E-state index is -0.482. The van der Waals surface area contributed by atoms with Crippen molar-refractivity contribution in [3.63, 3.8) is 0 Å². The summed E-state index contributed by atoms with van der Waals surface area (Å²) >= 11 is 0. The first-order valence-electron chi connectivity index (χ1n) is 5.67. The van der Waals surface area contributed by atoms with Gasteiger partial charge in [-0.1, -0.05) is 0 Å². The zero-order valence-corrected chi connectivity index (χ0v) is 10.2. The number of hydrazone groups is 1. The Bertz CT molecular complexity index is 654. The van der Waals surface area contributed by atoms with E-state index in [1.165, 1.54) is 48.7 Å². The number of benzene rings is 2. The molecule has 2 aromatic rings. The Hall–Kier alpha value is -2.89. The van der Waals surface area contributed by atoms with Crippen molar-refractivity contribution in [2.24, 2.45) is 5.10 Å². The lowest BCUT2D eigenvalue weighted by molar-refractivity contribution is 0.0955. The molecule has 0 unspecified atom stereocenters. The Morgan fingerprint density at radius 3 is 2.45 bits per heavy atom. The molecule has 3 N–H and O–H groups in total. The fourth-order valence-corrected chi connectivity index (χ4v) is 1.45. The van der Waals surface area contributed by atoms with Gasteiger partial charge in [0.05, 0.1) is 6.21 Å². The van der Waals surface area contributed by atoms with Crippen LogP contribution in [0, 0.1) is 5.82 Å². The fourth-order valence-electron chi connectivity index (χ4n) is 1.45. The van der Waals surface area contributed by atoms with Crippen LogP contribution in [0.15, 0.2) is 47.6 Å². The summed E-state index contributed by atoms with van der Waals surface area (Å²) in [6.07, 6.45) is 1.31. The largest absolute Gasteiger partial charge is 0.504 e. The van der Waals surface area contributed by atoms with E-state index >= 15 is 0 Å². The van der Waals surface area contributed by atoms with E-state index in [1.54, 1.807) is 0 Å². The number of phenols is 2. The van der Waals surface area contributed by atoms with Gasteiger partial charge in [0, 0.05) is 5.56 Å². The highest BCUT2D eigenvalue weighted by Crippen LogP contribution is 2.23. The van der Waals surface area contributed by atoms with Gasteiger partial charge in [0.1, 0.15) is 5.82 Å². The molecule has 2 rings (SSSR count). The zero-order valence-electron chi connectivity index (χ0n) is 10.2. The number of amides is 1. The quantitative estimate of drug-likeness (QED) is 0.455. The number of hydrogen-bond donors (Lipinski definition) is 3. The summed E-state index contributed by atoms with van der Waals surface area (Å²) in [5.41, 5.74) is 3.04. The Morgan fingerprint density at radius 1 is 1.10 bits per heavy atom. The van der Waals surface area contributed by atoms with Crippen LogP contribution < -0.4 is 5.43 Å².